The number of hydrogen-bond donors (Lipinski definition) is 2. The molecule has 1 fully saturated rings. The van der Waals surface area contributed by atoms with E-state index in [4.69, 9.17) is 28.9 Å². The standard InChI is InChI=1S/C13H16Cl2N2O/c14-10-4-3-9(11(15)7-10)8-17-12(18)13(16)5-1-2-6-13/h3-4,7H,1-2,5-6,8,16H2,(H,17,18). The van der Waals surface area contributed by atoms with Crippen molar-refractivity contribution in [3.05, 3.63) is 33.8 Å². The highest BCUT2D eigenvalue weighted by molar-refractivity contribution is 6.35. The van der Waals surface area contributed by atoms with Crippen LogP contribution in [0.25, 0.3) is 0 Å². The van der Waals surface area contributed by atoms with Gasteiger partial charge in [-0.25, -0.2) is 0 Å². The maximum Gasteiger partial charge on any atom is 0.240 e. The normalized spacial score (nSPS) is 17.7. The van der Waals surface area contributed by atoms with Crippen LogP contribution in [0.4, 0.5) is 0 Å². The summed E-state index contributed by atoms with van der Waals surface area (Å²) in [6.07, 6.45) is 3.55. The van der Waals surface area contributed by atoms with Crippen molar-refractivity contribution in [1.82, 2.24) is 5.32 Å². The third kappa shape index (κ3) is 2.97. The van der Waals surface area contributed by atoms with Crippen molar-refractivity contribution in [2.45, 2.75) is 37.8 Å². The van der Waals surface area contributed by atoms with Gasteiger partial charge in [0.05, 0.1) is 5.54 Å². The van der Waals surface area contributed by atoms with Crippen LogP contribution in [0.5, 0.6) is 0 Å². The van der Waals surface area contributed by atoms with Gasteiger partial charge in [-0.2, -0.15) is 0 Å². The number of halogens is 2. The summed E-state index contributed by atoms with van der Waals surface area (Å²) in [5.41, 5.74) is 6.21. The second-order valence-corrected chi connectivity index (χ2v) is 5.63. The summed E-state index contributed by atoms with van der Waals surface area (Å²) in [5, 5.41) is 3.99. The Hall–Kier alpha value is -0.770. The first-order valence-corrected chi connectivity index (χ1v) is 6.78. The predicted octanol–water partition coefficient (Wildman–Crippen LogP) is 2.88. The number of benzene rings is 1. The third-order valence-corrected chi connectivity index (χ3v) is 3.99. The van der Waals surface area contributed by atoms with Crippen molar-refractivity contribution in [2.24, 2.45) is 5.73 Å². The molecule has 0 radical (unpaired) electrons. The molecule has 5 heteroatoms. The second kappa shape index (κ2) is 5.47. The molecule has 0 heterocycles. The number of nitrogens with two attached hydrogens (primary N) is 1. The first-order chi connectivity index (χ1) is 8.51. The average Bonchev–Trinajstić information content (AvgIpc) is 2.76. The first-order valence-electron chi connectivity index (χ1n) is 6.02. The first kappa shape index (κ1) is 13.7. The topological polar surface area (TPSA) is 55.1 Å². The van der Waals surface area contributed by atoms with E-state index in [1.807, 2.05) is 6.07 Å². The number of nitrogens with one attached hydrogen (secondary N) is 1. The van der Waals surface area contributed by atoms with Gasteiger partial charge in [-0.3, -0.25) is 4.79 Å². The van der Waals surface area contributed by atoms with Crippen LogP contribution < -0.4 is 11.1 Å². The van der Waals surface area contributed by atoms with Crippen molar-refractivity contribution in [3.8, 4) is 0 Å². The van der Waals surface area contributed by atoms with Gasteiger partial charge in [-0.1, -0.05) is 42.1 Å². The fourth-order valence-corrected chi connectivity index (χ4v) is 2.72. The number of carbonyl (C=O) groups is 1. The Morgan fingerprint density at radius 1 is 1.33 bits per heavy atom. The molecule has 0 spiro atoms. The second-order valence-electron chi connectivity index (χ2n) is 4.78. The Morgan fingerprint density at radius 2 is 2.00 bits per heavy atom. The zero-order chi connectivity index (χ0) is 13.2. The minimum atomic E-state index is -0.696. The third-order valence-electron chi connectivity index (χ3n) is 3.40. The molecular weight excluding hydrogens is 271 g/mol. The summed E-state index contributed by atoms with van der Waals surface area (Å²) in [6, 6.07) is 5.23. The monoisotopic (exact) mass is 286 g/mol. The molecule has 0 unspecified atom stereocenters. The van der Waals surface area contributed by atoms with Gasteiger partial charge in [0, 0.05) is 16.6 Å². The summed E-state index contributed by atoms with van der Waals surface area (Å²) < 4.78 is 0. The molecule has 18 heavy (non-hydrogen) atoms. The molecule has 98 valence electrons. The Kier molecular flexibility index (Phi) is 4.15. The molecule has 1 saturated carbocycles. The highest BCUT2D eigenvalue weighted by Crippen LogP contribution is 2.27. The Bertz CT molecular complexity index is 456. The number of hydrogen-bond acceptors (Lipinski definition) is 2. The van der Waals surface area contributed by atoms with Crippen LogP contribution in [0.2, 0.25) is 10.0 Å². The van der Waals surface area contributed by atoms with Gasteiger partial charge in [0.1, 0.15) is 0 Å². The quantitative estimate of drug-likeness (QED) is 0.898. The minimum absolute atomic E-state index is 0.0917. The molecule has 2 rings (SSSR count). The summed E-state index contributed by atoms with van der Waals surface area (Å²) in [4.78, 5) is 12.0. The Balaban J connectivity index is 1.97. The molecule has 3 nitrogen and oxygen atoms in total. The van der Waals surface area contributed by atoms with Crippen LogP contribution in [0.15, 0.2) is 18.2 Å². The number of amides is 1. The molecule has 1 aromatic carbocycles. The van der Waals surface area contributed by atoms with Gasteiger partial charge in [0.25, 0.3) is 0 Å². The lowest BCUT2D eigenvalue weighted by Gasteiger charge is -2.22. The maximum absolute atomic E-state index is 12.0. The molecule has 0 aliphatic heterocycles. The van der Waals surface area contributed by atoms with Gasteiger partial charge in [-0.05, 0) is 30.5 Å². The summed E-state index contributed by atoms with van der Waals surface area (Å²) in [5.74, 6) is -0.0917. The van der Waals surface area contributed by atoms with Crippen LogP contribution in [0, 0.1) is 0 Å². The molecule has 1 aliphatic rings. The molecule has 1 amide bonds. The molecule has 1 aromatic rings. The van der Waals surface area contributed by atoms with Crippen LogP contribution in [0.3, 0.4) is 0 Å². The molecule has 0 saturated heterocycles. The van der Waals surface area contributed by atoms with Crippen LogP contribution >= 0.6 is 23.2 Å². The summed E-state index contributed by atoms with van der Waals surface area (Å²) in [6.45, 7) is 0.383. The van der Waals surface area contributed by atoms with E-state index >= 15 is 0 Å². The van der Waals surface area contributed by atoms with Crippen molar-refractivity contribution in [3.63, 3.8) is 0 Å². The zero-order valence-corrected chi connectivity index (χ0v) is 11.5. The van der Waals surface area contributed by atoms with E-state index in [2.05, 4.69) is 5.32 Å². The average molecular weight is 287 g/mol. The van der Waals surface area contributed by atoms with Crippen molar-refractivity contribution in [1.29, 1.82) is 0 Å². The molecule has 0 bridgehead atoms. The van der Waals surface area contributed by atoms with Crippen molar-refractivity contribution >= 4 is 29.1 Å². The summed E-state index contributed by atoms with van der Waals surface area (Å²) in [7, 11) is 0. The number of rotatable bonds is 3. The lowest BCUT2D eigenvalue weighted by Crippen LogP contribution is -2.51. The van der Waals surface area contributed by atoms with E-state index in [1.165, 1.54) is 0 Å². The van der Waals surface area contributed by atoms with E-state index in [1.54, 1.807) is 12.1 Å². The molecule has 1 aliphatic carbocycles. The Labute approximate surface area is 117 Å². The van der Waals surface area contributed by atoms with E-state index in [-0.39, 0.29) is 5.91 Å². The van der Waals surface area contributed by atoms with Gasteiger partial charge >= 0.3 is 0 Å². The Morgan fingerprint density at radius 3 is 2.61 bits per heavy atom. The smallest absolute Gasteiger partial charge is 0.240 e. The van der Waals surface area contributed by atoms with Crippen molar-refractivity contribution < 1.29 is 4.79 Å². The van der Waals surface area contributed by atoms with E-state index in [9.17, 15) is 4.79 Å². The fourth-order valence-electron chi connectivity index (χ4n) is 2.25. The highest BCUT2D eigenvalue weighted by Gasteiger charge is 2.36. The molecule has 0 aromatic heterocycles. The van der Waals surface area contributed by atoms with E-state index in [0.29, 0.717) is 16.6 Å². The molecule has 3 N–H and O–H groups in total. The van der Waals surface area contributed by atoms with Crippen molar-refractivity contribution in [2.75, 3.05) is 0 Å². The van der Waals surface area contributed by atoms with Gasteiger partial charge in [0.2, 0.25) is 5.91 Å². The zero-order valence-electron chi connectivity index (χ0n) is 10.0. The largest absolute Gasteiger partial charge is 0.350 e. The molecular formula is C13H16Cl2N2O. The van der Waals surface area contributed by atoms with Crippen LogP contribution in [0.1, 0.15) is 31.2 Å². The predicted molar refractivity (Wildman–Crippen MR) is 73.7 cm³/mol. The lowest BCUT2D eigenvalue weighted by atomic mass is 9.98. The molecule has 0 atom stereocenters. The van der Waals surface area contributed by atoms with Crippen LogP contribution in [-0.2, 0) is 11.3 Å². The maximum atomic E-state index is 12.0. The highest BCUT2D eigenvalue weighted by atomic mass is 35.5. The van der Waals surface area contributed by atoms with E-state index < -0.39 is 5.54 Å². The number of carbonyl (C=O) groups excluding carboxylic acids is 1. The summed E-state index contributed by atoms with van der Waals surface area (Å²) >= 11 is 11.9. The fraction of sp³-hybridized carbons (Fsp3) is 0.462. The minimum Gasteiger partial charge on any atom is -0.350 e. The van der Waals surface area contributed by atoms with E-state index in [0.717, 1.165) is 31.2 Å². The van der Waals surface area contributed by atoms with Gasteiger partial charge in [-0.15, -0.1) is 0 Å². The lowest BCUT2D eigenvalue weighted by molar-refractivity contribution is -0.126. The van der Waals surface area contributed by atoms with Gasteiger partial charge in [0.15, 0.2) is 0 Å². The SMILES string of the molecule is NC1(C(=O)NCc2ccc(Cl)cc2Cl)CCCC1. The van der Waals surface area contributed by atoms with Gasteiger partial charge < -0.3 is 11.1 Å². The van der Waals surface area contributed by atoms with Crippen LogP contribution in [-0.4, -0.2) is 11.4 Å².